The second-order valence-corrected chi connectivity index (χ2v) is 6.49. The van der Waals surface area contributed by atoms with E-state index in [1.54, 1.807) is 44.1 Å². The van der Waals surface area contributed by atoms with Gasteiger partial charge in [0.1, 0.15) is 0 Å². The molecule has 0 radical (unpaired) electrons. The number of aryl methyl sites for hydroxylation is 1. The Balaban J connectivity index is 2.00. The molecular formula is C20H22F3N3O2. The van der Waals surface area contributed by atoms with E-state index in [0.717, 1.165) is 17.7 Å². The van der Waals surface area contributed by atoms with Crippen LogP contribution in [0.4, 0.5) is 24.5 Å². The van der Waals surface area contributed by atoms with Gasteiger partial charge in [0, 0.05) is 32.6 Å². The molecule has 2 aromatic carbocycles. The second-order valence-electron chi connectivity index (χ2n) is 6.49. The van der Waals surface area contributed by atoms with Crippen molar-refractivity contribution in [3.05, 3.63) is 59.2 Å². The third-order valence-corrected chi connectivity index (χ3v) is 4.11. The zero-order valence-electron chi connectivity index (χ0n) is 15.9. The molecule has 150 valence electrons. The van der Waals surface area contributed by atoms with Crippen LogP contribution in [-0.4, -0.2) is 32.5 Å². The average molecular weight is 393 g/mol. The first-order valence-electron chi connectivity index (χ1n) is 8.62. The lowest BCUT2D eigenvalue weighted by Crippen LogP contribution is -2.28. The van der Waals surface area contributed by atoms with Gasteiger partial charge in [-0.05, 0) is 36.8 Å². The Hall–Kier alpha value is -3.03. The maximum Gasteiger partial charge on any atom is 0.416 e. The van der Waals surface area contributed by atoms with Crippen LogP contribution in [0.1, 0.15) is 27.9 Å². The van der Waals surface area contributed by atoms with Crippen molar-refractivity contribution in [2.45, 2.75) is 19.5 Å². The van der Waals surface area contributed by atoms with Gasteiger partial charge in [-0.1, -0.05) is 18.2 Å². The van der Waals surface area contributed by atoms with Gasteiger partial charge >= 0.3 is 6.18 Å². The fraction of sp³-hybridized carbons (Fsp3) is 0.300. The summed E-state index contributed by atoms with van der Waals surface area (Å²) in [6.07, 6.45) is -4.58. The minimum Gasteiger partial charge on any atom is -0.376 e. The molecule has 0 aromatic heterocycles. The number of hydrogen-bond acceptors (Lipinski definition) is 3. The van der Waals surface area contributed by atoms with Gasteiger partial charge in [0.25, 0.3) is 5.91 Å². The normalized spacial score (nSPS) is 11.1. The molecule has 0 fully saturated rings. The van der Waals surface area contributed by atoms with E-state index in [1.165, 1.54) is 6.07 Å². The van der Waals surface area contributed by atoms with Gasteiger partial charge in [-0.25, -0.2) is 0 Å². The number of nitrogens with zero attached hydrogens (tertiary/aromatic N) is 1. The summed E-state index contributed by atoms with van der Waals surface area (Å²) in [6.45, 7) is 1.87. The van der Waals surface area contributed by atoms with E-state index in [2.05, 4.69) is 10.6 Å². The van der Waals surface area contributed by atoms with Crippen LogP contribution in [0.25, 0.3) is 0 Å². The lowest BCUT2D eigenvalue weighted by atomic mass is 10.1. The Morgan fingerprint density at radius 2 is 1.75 bits per heavy atom. The van der Waals surface area contributed by atoms with Gasteiger partial charge in [0.2, 0.25) is 5.91 Å². The number of anilines is 2. The Labute approximate surface area is 161 Å². The Morgan fingerprint density at radius 1 is 1.07 bits per heavy atom. The summed E-state index contributed by atoms with van der Waals surface area (Å²) in [5.74, 6) is -0.800. The SMILES string of the molecule is Cc1ccccc1C(=O)NCCC(=O)Nc1cc(C(F)(F)F)ccc1N(C)C. The standard InChI is InChI=1S/C20H22F3N3O2/c1-13-6-4-5-7-15(13)19(28)24-11-10-18(27)25-16-12-14(20(21,22)23)8-9-17(16)26(2)3/h4-9,12H,10-11H2,1-3H3,(H,24,28)(H,25,27). The van der Waals surface area contributed by atoms with Crippen LogP contribution in [0.5, 0.6) is 0 Å². The monoisotopic (exact) mass is 393 g/mol. The molecule has 0 aliphatic rings. The molecular weight excluding hydrogens is 371 g/mol. The van der Waals surface area contributed by atoms with Gasteiger partial charge < -0.3 is 15.5 Å². The highest BCUT2D eigenvalue weighted by atomic mass is 19.4. The van der Waals surface area contributed by atoms with Gasteiger partial charge in [0.05, 0.1) is 16.9 Å². The molecule has 0 bridgehead atoms. The minimum absolute atomic E-state index is 0.0647. The molecule has 8 heteroatoms. The van der Waals surface area contributed by atoms with Crippen molar-refractivity contribution in [2.75, 3.05) is 30.9 Å². The molecule has 2 rings (SSSR count). The lowest BCUT2D eigenvalue weighted by Gasteiger charge is -2.20. The predicted molar refractivity (Wildman–Crippen MR) is 103 cm³/mol. The smallest absolute Gasteiger partial charge is 0.376 e. The van der Waals surface area contributed by atoms with Crippen molar-refractivity contribution in [1.29, 1.82) is 0 Å². The van der Waals surface area contributed by atoms with E-state index in [1.807, 2.05) is 6.07 Å². The van der Waals surface area contributed by atoms with Crippen LogP contribution < -0.4 is 15.5 Å². The van der Waals surface area contributed by atoms with Gasteiger partial charge in [-0.15, -0.1) is 0 Å². The molecule has 5 nitrogen and oxygen atoms in total. The largest absolute Gasteiger partial charge is 0.416 e. The molecule has 0 unspecified atom stereocenters. The molecule has 2 N–H and O–H groups in total. The van der Waals surface area contributed by atoms with E-state index >= 15 is 0 Å². The highest BCUT2D eigenvalue weighted by Gasteiger charge is 2.31. The van der Waals surface area contributed by atoms with Crippen LogP contribution in [0.2, 0.25) is 0 Å². The second kappa shape index (κ2) is 8.77. The van der Waals surface area contributed by atoms with Gasteiger partial charge in [-0.2, -0.15) is 13.2 Å². The first-order chi connectivity index (χ1) is 13.1. The highest BCUT2D eigenvalue weighted by Crippen LogP contribution is 2.34. The number of carbonyl (C=O) groups is 2. The molecule has 0 saturated heterocycles. The number of halogens is 3. The molecule has 0 heterocycles. The molecule has 0 aliphatic carbocycles. The first kappa shape index (κ1) is 21.3. The fourth-order valence-electron chi connectivity index (χ4n) is 2.63. The van der Waals surface area contributed by atoms with Crippen molar-refractivity contribution < 1.29 is 22.8 Å². The van der Waals surface area contributed by atoms with Crippen LogP contribution in [0.15, 0.2) is 42.5 Å². The summed E-state index contributed by atoms with van der Waals surface area (Å²) in [5, 5.41) is 5.14. The van der Waals surface area contributed by atoms with Crippen molar-refractivity contribution in [3.8, 4) is 0 Å². The van der Waals surface area contributed by atoms with Crippen LogP contribution in [0.3, 0.4) is 0 Å². The lowest BCUT2D eigenvalue weighted by molar-refractivity contribution is -0.137. The fourth-order valence-corrected chi connectivity index (χ4v) is 2.63. The number of alkyl halides is 3. The number of rotatable bonds is 6. The third-order valence-electron chi connectivity index (χ3n) is 4.11. The summed E-state index contributed by atoms with van der Waals surface area (Å²) >= 11 is 0. The van der Waals surface area contributed by atoms with Crippen molar-refractivity contribution in [3.63, 3.8) is 0 Å². The zero-order chi connectivity index (χ0) is 20.9. The number of amides is 2. The molecule has 0 atom stereocenters. The van der Waals surface area contributed by atoms with Crippen molar-refractivity contribution in [1.82, 2.24) is 5.32 Å². The van der Waals surface area contributed by atoms with Gasteiger partial charge in [-0.3, -0.25) is 9.59 Å². The molecule has 0 aliphatic heterocycles. The molecule has 28 heavy (non-hydrogen) atoms. The molecule has 0 saturated carbocycles. The minimum atomic E-state index is -4.51. The van der Waals surface area contributed by atoms with Crippen molar-refractivity contribution in [2.24, 2.45) is 0 Å². The van der Waals surface area contributed by atoms with Crippen LogP contribution in [0, 0.1) is 6.92 Å². The number of carbonyl (C=O) groups excluding carboxylic acids is 2. The Bertz CT molecular complexity index is 864. The summed E-state index contributed by atoms with van der Waals surface area (Å²) < 4.78 is 38.8. The van der Waals surface area contributed by atoms with Crippen LogP contribution >= 0.6 is 0 Å². The predicted octanol–water partition coefficient (Wildman–Crippen LogP) is 3.84. The van der Waals surface area contributed by atoms with E-state index < -0.39 is 17.6 Å². The summed E-state index contributed by atoms with van der Waals surface area (Å²) in [5.41, 5.74) is 0.987. The zero-order valence-corrected chi connectivity index (χ0v) is 15.9. The molecule has 2 aromatic rings. The van der Waals surface area contributed by atoms with E-state index in [9.17, 15) is 22.8 Å². The first-order valence-corrected chi connectivity index (χ1v) is 8.62. The van der Waals surface area contributed by atoms with E-state index in [0.29, 0.717) is 11.3 Å². The topological polar surface area (TPSA) is 61.4 Å². The van der Waals surface area contributed by atoms with E-state index in [4.69, 9.17) is 0 Å². The maximum atomic E-state index is 12.9. The average Bonchev–Trinajstić information content (AvgIpc) is 2.61. The van der Waals surface area contributed by atoms with Crippen molar-refractivity contribution >= 4 is 23.2 Å². The Morgan fingerprint density at radius 3 is 2.36 bits per heavy atom. The number of hydrogen-bond donors (Lipinski definition) is 2. The Kier molecular flexibility index (Phi) is 6.66. The quantitative estimate of drug-likeness (QED) is 0.784. The number of benzene rings is 2. The summed E-state index contributed by atoms with van der Waals surface area (Å²) in [4.78, 5) is 25.9. The summed E-state index contributed by atoms with van der Waals surface area (Å²) in [6, 6.07) is 10.2. The highest BCUT2D eigenvalue weighted by molar-refractivity contribution is 5.97. The third kappa shape index (κ3) is 5.48. The van der Waals surface area contributed by atoms with Gasteiger partial charge in [0.15, 0.2) is 0 Å². The maximum absolute atomic E-state index is 12.9. The van der Waals surface area contributed by atoms with Crippen LogP contribution in [-0.2, 0) is 11.0 Å². The molecule has 0 spiro atoms. The summed E-state index contributed by atoms with van der Waals surface area (Å²) in [7, 11) is 3.33. The molecule has 2 amide bonds. The van der Waals surface area contributed by atoms with E-state index in [-0.39, 0.29) is 24.6 Å². The number of nitrogens with one attached hydrogen (secondary N) is 2.